The van der Waals surface area contributed by atoms with Crippen molar-refractivity contribution in [1.29, 1.82) is 0 Å². The van der Waals surface area contributed by atoms with Crippen LogP contribution in [0.2, 0.25) is 0 Å². The predicted octanol–water partition coefficient (Wildman–Crippen LogP) is 3.65. The third-order valence-corrected chi connectivity index (χ3v) is 6.25. The summed E-state index contributed by atoms with van der Waals surface area (Å²) in [6, 6.07) is 11.3. The number of aromatic nitrogens is 3. The van der Waals surface area contributed by atoms with E-state index in [1.165, 1.54) is 30.0 Å². The Labute approximate surface area is 177 Å². The van der Waals surface area contributed by atoms with Crippen molar-refractivity contribution in [2.75, 3.05) is 12.9 Å². The average Bonchev–Trinajstić information content (AvgIpc) is 3.37. The minimum absolute atomic E-state index is 0.0265. The summed E-state index contributed by atoms with van der Waals surface area (Å²) < 4.78 is 7.41. The van der Waals surface area contributed by atoms with Gasteiger partial charge in [-0.05, 0) is 31.2 Å². The lowest BCUT2D eigenvalue weighted by Crippen LogP contribution is -2.18. The predicted molar refractivity (Wildman–Crippen MR) is 115 cm³/mol. The number of rotatable bonds is 9. The highest BCUT2D eigenvalue weighted by Gasteiger charge is 2.18. The molecule has 9 heteroatoms. The number of ketones is 1. The molecule has 2 aromatic heterocycles. The summed E-state index contributed by atoms with van der Waals surface area (Å²) in [7, 11) is 1.63. The van der Waals surface area contributed by atoms with Gasteiger partial charge in [-0.25, -0.2) is 0 Å². The van der Waals surface area contributed by atoms with E-state index in [9.17, 15) is 9.59 Å². The first kappa shape index (κ1) is 21.1. The molecular formula is C20H22N4O3S2. The van der Waals surface area contributed by atoms with Gasteiger partial charge in [0, 0.05) is 18.3 Å². The number of hydrogen-bond acceptors (Lipinski definition) is 7. The maximum Gasteiger partial charge on any atom is 0.217 e. The van der Waals surface area contributed by atoms with E-state index in [0.29, 0.717) is 28.9 Å². The molecule has 0 saturated heterocycles. The van der Waals surface area contributed by atoms with Crippen LogP contribution in [0.3, 0.4) is 0 Å². The molecule has 0 aliphatic rings. The summed E-state index contributed by atoms with van der Waals surface area (Å²) >= 11 is 2.77. The Kier molecular flexibility index (Phi) is 7.05. The summed E-state index contributed by atoms with van der Waals surface area (Å²) in [6.07, 6.45) is 0. The van der Waals surface area contributed by atoms with E-state index in [1.807, 2.05) is 41.8 Å². The van der Waals surface area contributed by atoms with Gasteiger partial charge in [-0.2, -0.15) is 0 Å². The number of carbonyl (C=O) groups is 2. The molecule has 0 fully saturated rings. The number of amides is 1. The van der Waals surface area contributed by atoms with E-state index < -0.39 is 0 Å². The highest BCUT2D eigenvalue weighted by atomic mass is 32.2. The number of nitrogens with zero attached hydrogens (tertiary/aromatic N) is 3. The monoisotopic (exact) mass is 430 g/mol. The number of nitrogens with one attached hydrogen (secondary N) is 1. The van der Waals surface area contributed by atoms with Gasteiger partial charge < -0.3 is 14.6 Å². The minimum atomic E-state index is -0.0911. The van der Waals surface area contributed by atoms with E-state index in [0.717, 1.165) is 16.2 Å². The van der Waals surface area contributed by atoms with Crippen LogP contribution in [0.4, 0.5) is 0 Å². The number of hydrogen-bond donors (Lipinski definition) is 1. The molecule has 1 aromatic carbocycles. The first-order valence-electron chi connectivity index (χ1n) is 9.09. The van der Waals surface area contributed by atoms with E-state index in [-0.39, 0.29) is 17.4 Å². The Bertz CT molecular complexity index is 1010. The van der Waals surface area contributed by atoms with Gasteiger partial charge in [-0.3, -0.25) is 9.59 Å². The molecule has 0 aliphatic carbocycles. The molecule has 0 spiro atoms. The number of thiophene rings is 1. The van der Waals surface area contributed by atoms with Crippen LogP contribution in [-0.2, 0) is 17.9 Å². The summed E-state index contributed by atoms with van der Waals surface area (Å²) in [4.78, 5) is 25.2. The molecule has 7 nitrogen and oxygen atoms in total. The van der Waals surface area contributed by atoms with Crippen LogP contribution < -0.4 is 10.1 Å². The third-order valence-electron chi connectivity index (χ3n) is 4.16. The van der Waals surface area contributed by atoms with Gasteiger partial charge in [-0.1, -0.05) is 23.9 Å². The molecule has 0 bridgehead atoms. The highest BCUT2D eigenvalue weighted by molar-refractivity contribution is 7.99. The van der Waals surface area contributed by atoms with Crippen molar-refractivity contribution >= 4 is 34.8 Å². The molecule has 0 radical (unpaired) electrons. The molecule has 1 N–H and O–H groups in total. The lowest BCUT2D eigenvalue weighted by molar-refractivity contribution is -0.119. The Morgan fingerprint density at radius 3 is 2.72 bits per heavy atom. The van der Waals surface area contributed by atoms with Gasteiger partial charge in [0.2, 0.25) is 5.91 Å². The molecule has 0 aliphatic heterocycles. The normalized spacial score (nSPS) is 10.7. The topological polar surface area (TPSA) is 86.1 Å². The largest absolute Gasteiger partial charge is 0.496 e. The number of methoxy groups -OCH3 is 1. The highest BCUT2D eigenvalue weighted by Crippen LogP contribution is 2.31. The number of Topliss-reactive ketones (excluding diaryl/α,β-unsaturated/α-hetero) is 1. The lowest BCUT2D eigenvalue weighted by Gasteiger charge is -2.10. The molecule has 3 rings (SSSR count). The maximum absolute atomic E-state index is 12.6. The molecule has 0 saturated carbocycles. The van der Waals surface area contributed by atoms with Gasteiger partial charge in [-0.15, -0.1) is 21.5 Å². The van der Waals surface area contributed by atoms with Crippen molar-refractivity contribution in [1.82, 2.24) is 20.1 Å². The van der Waals surface area contributed by atoms with Crippen molar-refractivity contribution in [3.63, 3.8) is 0 Å². The van der Waals surface area contributed by atoms with E-state index >= 15 is 0 Å². The zero-order chi connectivity index (χ0) is 20.8. The van der Waals surface area contributed by atoms with Gasteiger partial charge in [0.1, 0.15) is 5.75 Å². The van der Waals surface area contributed by atoms with E-state index in [2.05, 4.69) is 15.5 Å². The second-order valence-corrected chi connectivity index (χ2v) is 8.25. The van der Waals surface area contributed by atoms with E-state index in [1.54, 1.807) is 13.2 Å². The van der Waals surface area contributed by atoms with Crippen LogP contribution >= 0.6 is 23.1 Å². The van der Waals surface area contributed by atoms with Crippen molar-refractivity contribution in [2.24, 2.45) is 0 Å². The molecule has 152 valence electrons. The minimum Gasteiger partial charge on any atom is -0.496 e. The molecule has 0 unspecified atom stereocenters. The Morgan fingerprint density at radius 2 is 2.00 bits per heavy atom. The summed E-state index contributed by atoms with van der Waals surface area (Å²) in [5.74, 6) is 1.65. The number of carbonyl (C=O) groups excluding carboxylic acids is 2. The maximum atomic E-state index is 12.6. The van der Waals surface area contributed by atoms with Crippen LogP contribution in [0.1, 0.15) is 28.4 Å². The number of para-hydroxylation sites is 1. The molecule has 1 amide bonds. The number of benzene rings is 1. The lowest BCUT2D eigenvalue weighted by atomic mass is 10.2. The van der Waals surface area contributed by atoms with Crippen molar-refractivity contribution < 1.29 is 14.3 Å². The quantitative estimate of drug-likeness (QED) is 0.412. The standard InChI is InChI=1S/C20H22N4O3S2/c1-4-24-19(15-7-5-6-8-17(15)27-3)22-23-20(24)28-12-16(26)18-10-9-14(29-18)11-21-13(2)25/h5-10H,4,11-12H2,1-3H3,(H,21,25). The van der Waals surface area contributed by atoms with Crippen LogP contribution in [0.15, 0.2) is 41.6 Å². The van der Waals surface area contributed by atoms with Gasteiger partial charge in [0.25, 0.3) is 0 Å². The molecule has 0 atom stereocenters. The number of thioether (sulfide) groups is 1. The van der Waals surface area contributed by atoms with Gasteiger partial charge in [0.05, 0.1) is 29.8 Å². The fourth-order valence-electron chi connectivity index (χ4n) is 2.74. The first-order valence-corrected chi connectivity index (χ1v) is 10.9. The van der Waals surface area contributed by atoms with Crippen LogP contribution in [0.5, 0.6) is 5.75 Å². The fourth-order valence-corrected chi connectivity index (χ4v) is 4.61. The van der Waals surface area contributed by atoms with Gasteiger partial charge in [0.15, 0.2) is 16.8 Å². The number of ether oxygens (including phenoxy) is 1. The van der Waals surface area contributed by atoms with Crippen molar-refractivity contribution in [3.8, 4) is 17.1 Å². The molecule has 2 heterocycles. The Balaban J connectivity index is 1.70. The zero-order valence-electron chi connectivity index (χ0n) is 16.5. The average molecular weight is 431 g/mol. The Hall–Kier alpha value is -2.65. The summed E-state index contributed by atoms with van der Waals surface area (Å²) in [5.41, 5.74) is 0.864. The Morgan fingerprint density at radius 1 is 1.21 bits per heavy atom. The summed E-state index contributed by atoms with van der Waals surface area (Å²) in [6.45, 7) is 4.60. The zero-order valence-corrected chi connectivity index (χ0v) is 18.1. The second kappa shape index (κ2) is 9.71. The first-order chi connectivity index (χ1) is 14.0. The summed E-state index contributed by atoms with van der Waals surface area (Å²) in [5, 5.41) is 12.0. The van der Waals surface area contributed by atoms with E-state index in [4.69, 9.17) is 4.74 Å². The SMILES string of the molecule is CCn1c(SCC(=O)c2ccc(CNC(C)=O)s2)nnc1-c1ccccc1OC. The second-order valence-electron chi connectivity index (χ2n) is 6.14. The molecular weight excluding hydrogens is 408 g/mol. The van der Waals surface area contributed by atoms with Crippen molar-refractivity contribution in [3.05, 3.63) is 46.2 Å². The molecule has 29 heavy (non-hydrogen) atoms. The van der Waals surface area contributed by atoms with Gasteiger partial charge >= 0.3 is 0 Å². The van der Waals surface area contributed by atoms with Crippen LogP contribution in [0, 0.1) is 0 Å². The smallest absolute Gasteiger partial charge is 0.217 e. The third kappa shape index (κ3) is 5.04. The molecule has 3 aromatic rings. The fraction of sp³-hybridized carbons (Fsp3) is 0.300. The van der Waals surface area contributed by atoms with Crippen LogP contribution in [-0.4, -0.2) is 39.3 Å². The van der Waals surface area contributed by atoms with Crippen molar-refractivity contribution in [2.45, 2.75) is 32.1 Å². The van der Waals surface area contributed by atoms with Crippen LogP contribution in [0.25, 0.3) is 11.4 Å².